The van der Waals surface area contributed by atoms with Gasteiger partial charge in [-0.2, -0.15) is 0 Å². The van der Waals surface area contributed by atoms with Crippen molar-refractivity contribution >= 4 is 27.3 Å². The van der Waals surface area contributed by atoms with Crippen LogP contribution < -0.4 is 11.1 Å². The van der Waals surface area contributed by atoms with Crippen molar-refractivity contribution in [3.8, 4) is 0 Å². The third-order valence-corrected chi connectivity index (χ3v) is 3.11. The van der Waals surface area contributed by atoms with Crippen LogP contribution in [0.5, 0.6) is 0 Å². The average molecular weight is 286 g/mol. The minimum absolute atomic E-state index is 0.825. The van der Waals surface area contributed by atoms with E-state index in [4.69, 9.17) is 5.73 Å². The van der Waals surface area contributed by atoms with Crippen molar-refractivity contribution in [1.82, 2.24) is 4.90 Å². The first-order valence-electron chi connectivity index (χ1n) is 5.45. The summed E-state index contributed by atoms with van der Waals surface area (Å²) >= 11 is 3.51. The quantitative estimate of drug-likeness (QED) is 0.646. The first kappa shape index (κ1) is 13.3. The highest BCUT2D eigenvalue weighted by Gasteiger charge is 2.02. The zero-order valence-electron chi connectivity index (χ0n) is 10.2. The number of benzene rings is 1. The number of nitrogens with one attached hydrogen (secondary N) is 1. The molecule has 0 atom stereocenters. The Kier molecular flexibility index (Phi) is 5.09. The molecule has 0 amide bonds. The molecule has 1 aromatic carbocycles. The van der Waals surface area contributed by atoms with Crippen LogP contribution >= 0.6 is 15.9 Å². The van der Waals surface area contributed by atoms with E-state index in [-0.39, 0.29) is 0 Å². The van der Waals surface area contributed by atoms with E-state index in [0.29, 0.717) is 0 Å². The van der Waals surface area contributed by atoms with Crippen LogP contribution in [-0.2, 0) is 0 Å². The maximum atomic E-state index is 5.82. The summed E-state index contributed by atoms with van der Waals surface area (Å²) in [6.45, 7) is 4.09. The van der Waals surface area contributed by atoms with Gasteiger partial charge in [-0.25, -0.2) is 0 Å². The van der Waals surface area contributed by atoms with Crippen molar-refractivity contribution in [3.05, 3.63) is 22.2 Å². The number of hydrogen-bond acceptors (Lipinski definition) is 3. The van der Waals surface area contributed by atoms with Gasteiger partial charge in [0, 0.05) is 22.4 Å². The van der Waals surface area contributed by atoms with Gasteiger partial charge < -0.3 is 16.0 Å². The summed E-state index contributed by atoms with van der Waals surface area (Å²) in [5, 5.41) is 3.41. The van der Waals surface area contributed by atoms with Crippen molar-refractivity contribution in [2.45, 2.75) is 13.3 Å². The molecule has 0 heterocycles. The molecule has 0 radical (unpaired) electrons. The molecule has 3 nitrogen and oxygen atoms in total. The fraction of sp³-hybridized carbons (Fsp3) is 0.500. The third-order valence-electron chi connectivity index (χ3n) is 2.45. The van der Waals surface area contributed by atoms with E-state index in [1.54, 1.807) is 0 Å². The monoisotopic (exact) mass is 285 g/mol. The predicted octanol–water partition coefficient (Wildman–Crippen LogP) is 2.70. The van der Waals surface area contributed by atoms with Crippen LogP contribution in [0.4, 0.5) is 11.4 Å². The van der Waals surface area contributed by atoms with Crippen molar-refractivity contribution in [1.29, 1.82) is 0 Å². The third kappa shape index (κ3) is 4.02. The van der Waals surface area contributed by atoms with E-state index in [0.717, 1.165) is 40.9 Å². The summed E-state index contributed by atoms with van der Waals surface area (Å²) in [6.07, 6.45) is 1.13. The van der Waals surface area contributed by atoms with Crippen LogP contribution in [0, 0.1) is 6.92 Å². The van der Waals surface area contributed by atoms with Crippen molar-refractivity contribution in [2.75, 3.05) is 38.2 Å². The molecule has 0 saturated carbocycles. The molecule has 0 saturated heterocycles. The lowest BCUT2D eigenvalue weighted by molar-refractivity contribution is 0.405. The maximum Gasteiger partial charge on any atom is 0.0488 e. The normalized spacial score (nSPS) is 10.8. The van der Waals surface area contributed by atoms with Crippen LogP contribution in [0.2, 0.25) is 0 Å². The molecule has 0 aromatic heterocycles. The summed E-state index contributed by atoms with van der Waals surface area (Å²) in [6, 6.07) is 4.03. The largest absolute Gasteiger partial charge is 0.398 e. The lowest BCUT2D eigenvalue weighted by Gasteiger charge is -2.13. The Hall–Kier alpha value is -0.740. The lowest BCUT2D eigenvalue weighted by Crippen LogP contribution is -2.16. The molecular weight excluding hydrogens is 266 g/mol. The second kappa shape index (κ2) is 6.11. The highest BCUT2D eigenvalue weighted by molar-refractivity contribution is 9.10. The van der Waals surface area contributed by atoms with Crippen molar-refractivity contribution in [3.63, 3.8) is 0 Å². The average Bonchev–Trinajstić information content (AvgIpc) is 2.19. The molecule has 3 N–H and O–H groups in total. The number of aryl methyl sites for hydroxylation is 1. The number of rotatable bonds is 5. The Labute approximate surface area is 106 Å². The van der Waals surface area contributed by atoms with Crippen molar-refractivity contribution in [2.24, 2.45) is 0 Å². The molecule has 0 unspecified atom stereocenters. The number of anilines is 2. The Morgan fingerprint density at radius 2 is 2.06 bits per heavy atom. The zero-order valence-corrected chi connectivity index (χ0v) is 11.8. The van der Waals surface area contributed by atoms with Crippen LogP contribution in [0.1, 0.15) is 12.0 Å². The van der Waals surface area contributed by atoms with Gasteiger partial charge in [0.1, 0.15) is 0 Å². The molecule has 0 fully saturated rings. The fourth-order valence-corrected chi connectivity index (χ4v) is 1.95. The number of nitrogens with two attached hydrogens (primary N) is 1. The Morgan fingerprint density at radius 3 is 2.69 bits per heavy atom. The topological polar surface area (TPSA) is 41.3 Å². The summed E-state index contributed by atoms with van der Waals surface area (Å²) in [5.74, 6) is 0. The van der Waals surface area contributed by atoms with E-state index in [9.17, 15) is 0 Å². The Morgan fingerprint density at radius 1 is 1.38 bits per heavy atom. The van der Waals surface area contributed by atoms with E-state index in [1.807, 2.05) is 13.0 Å². The Balaban J connectivity index is 2.51. The highest BCUT2D eigenvalue weighted by Crippen LogP contribution is 2.27. The van der Waals surface area contributed by atoms with E-state index in [2.05, 4.69) is 46.3 Å². The predicted molar refractivity (Wildman–Crippen MR) is 75.0 cm³/mol. The van der Waals surface area contributed by atoms with Gasteiger partial charge in [0.05, 0.1) is 0 Å². The molecule has 0 aliphatic carbocycles. The first-order chi connectivity index (χ1) is 7.50. The minimum Gasteiger partial charge on any atom is -0.398 e. The number of nitrogen functional groups attached to an aromatic ring is 1. The number of halogens is 1. The van der Waals surface area contributed by atoms with Crippen molar-refractivity contribution < 1.29 is 0 Å². The molecule has 0 spiro atoms. The van der Waals surface area contributed by atoms with Gasteiger partial charge in [-0.05, 0) is 67.6 Å². The molecule has 16 heavy (non-hydrogen) atoms. The zero-order chi connectivity index (χ0) is 12.1. The van der Waals surface area contributed by atoms with Gasteiger partial charge in [-0.1, -0.05) is 0 Å². The first-order valence-corrected chi connectivity index (χ1v) is 6.24. The molecule has 0 bridgehead atoms. The lowest BCUT2D eigenvalue weighted by atomic mass is 10.2. The van der Waals surface area contributed by atoms with Gasteiger partial charge in [0.15, 0.2) is 0 Å². The smallest absolute Gasteiger partial charge is 0.0488 e. The molecule has 1 rings (SSSR count). The maximum absolute atomic E-state index is 5.82. The Bertz CT molecular complexity index is 350. The minimum atomic E-state index is 0.825. The standard InChI is InChI=1S/C12H20BrN3/c1-9-7-12(10(13)8-11(9)14)15-5-4-6-16(2)3/h7-8,15H,4-6,14H2,1-3H3. The van der Waals surface area contributed by atoms with E-state index in [1.165, 1.54) is 0 Å². The van der Waals surface area contributed by atoms with Gasteiger partial charge in [-0.15, -0.1) is 0 Å². The highest BCUT2D eigenvalue weighted by atomic mass is 79.9. The molecule has 1 aromatic rings. The SMILES string of the molecule is Cc1cc(NCCCN(C)C)c(Br)cc1N. The van der Waals surface area contributed by atoms with E-state index >= 15 is 0 Å². The molecule has 0 aliphatic rings. The van der Waals surface area contributed by atoms with Crippen LogP contribution in [0.15, 0.2) is 16.6 Å². The van der Waals surface area contributed by atoms with Gasteiger partial charge in [0.2, 0.25) is 0 Å². The van der Waals surface area contributed by atoms with Crippen LogP contribution in [0.25, 0.3) is 0 Å². The fourth-order valence-electron chi connectivity index (χ4n) is 1.45. The molecule has 4 heteroatoms. The summed E-state index contributed by atoms with van der Waals surface area (Å²) in [7, 11) is 4.17. The second-order valence-electron chi connectivity index (χ2n) is 4.27. The van der Waals surface area contributed by atoms with E-state index < -0.39 is 0 Å². The summed E-state index contributed by atoms with van der Waals surface area (Å²) in [5.41, 5.74) is 8.87. The second-order valence-corrected chi connectivity index (χ2v) is 5.13. The van der Waals surface area contributed by atoms with Crippen LogP contribution in [0.3, 0.4) is 0 Å². The summed E-state index contributed by atoms with van der Waals surface area (Å²) < 4.78 is 1.03. The van der Waals surface area contributed by atoms with Gasteiger partial charge in [0.25, 0.3) is 0 Å². The molecule has 90 valence electrons. The number of nitrogens with zero attached hydrogens (tertiary/aromatic N) is 1. The van der Waals surface area contributed by atoms with Gasteiger partial charge >= 0.3 is 0 Å². The number of hydrogen-bond donors (Lipinski definition) is 2. The summed E-state index contributed by atoms with van der Waals surface area (Å²) in [4.78, 5) is 2.19. The van der Waals surface area contributed by atoms with Crippen LogP contribution in [-0.4, -0.2) is 32.1 Å². The molecule has 0 aliphatic heterocycles. The van der Waals surface area contributed by atoms with Gasteiger partial charge in [-0.3, -0.25) is 0 Å². The molecular formula is C12H20BrN3.